The third-order valence-electron chi connectivity index (χ3n) is 3.25. The number of rotatable bonds is 2. The largest absolute Gasteiger partial charge is 0.380 e. The van der Waals surface area contributed by atoms with Crippen molar-refractivity contribution >= 4 is 21.7 Å². The van der Waals surface area contributed by atoms with Gasteiger partial charge in [-0.15, -0.1) is 0 Å². The van der Waals surface area contributed by atoms with Gasteiger partial charge >= 0.3 is 0 Å². The first kappa shape index (κ1) is 13.8. The number of benzene rings is 2. The first-order valence-corrected chi connectivity index (χ1v) is 7.13. The van der Waals surface area contributed by atoms with Crippen LogP contribution in [-0.2, 0) is 0 Å². The molecular weight excluding hydrogens is 335 g/mol. The van der Waals surface area contributed by atoms with Crippen LogP contribution < -0.4 is 5.73 Å². The van der Waals surface area contributed by atoms with Crippen LogP contribution in [0.3, 0.4) is 0 Å². The van der Waals surface area contributed by atoms with E-state index in [2.05, 4.69) is 21.1 Å². The minimum absolute atomic E-state index is 0.246. The van der Waals surface area contributed by atoms with Crippen LogP contribution in [0.25, 0.3) is 22.5 Å². The third kappa shape index (κ3) is 2.56. The summed E-state index contributed by atoms with van der Waals surface area (Å²) in [5, 5.41) is 3.82. The highest BCUT2D eigenvalue weighted by molar-refractivity contribution is 9.10. The predicted octanol–water partition coefficient (Wildman–Crippen LogP) is 4.80. The van der Waals surface area contributed by atoms with E-state index in [9.17, 15) is 4.39 Å². The Balaban J connectivity index is 2.19. The van der Waals surface area contributed by atoms with Gasteiger partial charge in [-0.1, -0.05) is 33.2 Å². The Kier molecular flexibility index (Phi) is 3.51. The molecule has 0 aliphatic heterocycles. The van der Waals surface area contributed by atoms with E-state index in [1.807, 2.05) is 25.1 Å². The standard InChI is InChI=1S/C16H12BrFN2O/c1-9-7-11(5-6-13(9)17)15-14(16(19)20-21-15)10-3-2-4-12(18)8-10/h2-8H,1H3,(H2,19,20). The lowest BCUT2D eigenvalue weighted by atomic mass is 10.0. The van der Waals surface area contributed by atoms with Gasteiger partial charge in [0.05, 0.1) is 5.56 Å². The number of aromatic nitrogens is 1. The summed E-state index contributed by atoms with van der Waals surface area (Å²) in [7, 11) is 0. The van der Waals surface area contributed by atoms with E-state index in [-0.39, 0.29) is 11.6 Å². The summed E-state index contributed by atoms with van der Waals surface area (Å²) in [6.07, 6.45) is 0. The zero-order valence-corrected chi connectivity index (χ0v) is 12.8. The van der Waals surface area contributed by atoms with Crippen LogP contribution in [0.5, 0.6) is 0 Å². The lowest BCUT2D eigenvalue weighted by Gasteiger charge is -2.05. The lowest BCUT2D eigenvalue weighted by Crippen LogP contribution is -1.90. The van der Waals surface area contributed by atoms with Crippen LogP contribution >= 0.6 is 15.9 Å². The highest BCUT2D eigenvalue weighted by Crippen LogP contribution is 2.37. The molecule has 3 aromatic rings. The molecule has 1 aromatic heterocycles. The smallest absolute Gasteiger partial charge is 0.176 e. The van der Waals surface area contributed by atoms with Crippen molar-refractivity contribution in [3.05, 3.63) is 58.3 Å². The van der Waals surface area contributed by atoms with Gasteiger partial charge < -0.3 is 10.3 Å². The van der Waals surface area contributed by atoms with Crippen molar-refractivity contribution in [1.82, 2.24) is 5.16 Å². The fourth-order valence-corrected chi connectivity index (χ4v) is 2.45. The fourth-order valence-electron chi connectivity index (χ4n) is 2.21. The summed E-state index contributed by atoms with van der Waals surface area (Å²) in [5.74, 6) is 0.455. The minimum Gasteiger partial charge on any atom is -0.380 e. The molecule has 2 aromatic carbocycles. The van der Waals surface area contributed by atoms with Crippen LogP contribution in [0.1, 0.15) is 5.56 Å². The molecule has 0 atom stereocenters. The fraction of sp³-hybridized carbons (Fsp3) is 0.0625. The molecule has 0 radical (unpaired) electrons. The van der Waals surface area contributed by atoms with Crippen molar-refractivity contribution in [2.75, 3.05) is 5.73 Å². The molecule has 0 bridgehead atoms. The molecule has 0 unspecified atom stereocenters. The van der Waals surface area contributed by atoms with Crippen LogP contribution in [-0.4, -0.2) is 5.16 Å². The SMILES string of the molecule is Cc1cc(-c2onc(N)c2-c2cccc(F)c2)ccc1Br. The second kappa shape index (κ2) is 5.33. The molecule has 0 fully saturated rings. The van der Waals surface area contributed by atoms with Gasteiger partial charge in [0.15, 0.2) is 11.6 Å². The maximum absolute atomic E-state index is 13.4. The highest BCUT2D eigenvalue weighted by atomic mass is 79.9. The van der Waals surface area contributed by atoms with Crippen molar-refractivity contribution in [2.45, 2.75) is 6.92 Å². The quantitative estimate of drug-likeness (QED) is 0.724. The van der Waals surface area contributed by atoms with E-state index in [4.69, 9.17) is 10.3 Å². The van der Waals surface area contributed by atoms with Gasteiger partial charge in [-0.2, -0.15) is 0 Å². The Hall–Kier alpha value is -2.14. The van der Waals surface area contributed by atoms with Crippen molar-refractivity contribution in [2.24, 2.45) is 0 Å². The predicted molar refractivity (Wildman–Crippen MR) is 84.2 cm³/mol. The third-order valence-corrected chi connectivity index (χ3v) is 4.14. The van der Waals surface area contributed by atoms with Crippen molar-refractivity contribution in [1.29, 1.82) is 0 Å². The van der Waals surface area contributed by atoms with Crippen LogP contribution in [0.15, 0.2) is 51.5 Å². The molecule has 1 heterocycles. The van der Waals surface area contributed by atoms with Crippen molar-refractivity contribution < 1.29 is 8.91 Å². The molecule has 0 aliphatic rings. The van der Waals surface area contributed by atoms with E-state index in [0.29, 0.717) is 16.9 Å². The highest BCUT2D eigenvalue weighted by Gasteiger charge is 2.18. The number of aryl methyl sites for hydroxylation is 1. The Bertz CT molecular complexity index is 814. The Morgan fingerprint density at radius 1 is 1.14 bits per heavy atom. The second-order valence-corrected chi connectivity index (χ2v) is 5.60. The molecule has 0 amide bonds. The van der Waals surface area contributed by atoms with Gasteiger partial charge in [0.2, 0.25) is 0 Å². The zero-order valence-electron chi connectivity index (χ0n) is 11.2. The number of nitrogen functional groups attached to an aromatic ring is 1. The summed E-state index contributed by atoms with van der Waals surface area (Å²) < 4.78 is 19.8. The average molecular weight is 347 g/mol. The molecule has 5 heteroatoms. The number of nitrogens with two attached hydrogens (primary N) is 1. The minimum atomic E-state index is -0.328. The van der Waals surface area contributed by atoms with E-state index in [1.54, 1.807) is 12.1 Å². The summed E-state index contributed by atoms with van der Waals surface area (Å²) in [6.45, 7) is 1.98. The first-order chi connectivity index (χ1) is 10.1. The number of hydrogen-bond acceptors (Lipinski definition) is 3. The molecule has 3 rings (SSSR count). The van der Waals surface area contributed by atoms with E-state index < -0.39 is 0 Å². The normalized spacial score (nSPS) is 10.8. The Morgan fingerprint density at radius 2 is 1.95 bits per heavy atom. The van der Waals surface area contributed by atoms with E-state index in [1.165, 1.54) is 12.1 Å². The number of nitrogens with zero attached hydrogens (tertiary/aromatic N) is 1. The molecule has 0 saturated carbocycles. The van der Waals surface area contributed by atoms with Crippen LogP contribution in [0.2, 0.25) is 0 Å². The topological polar surface area (TPSA) is 52.0 Å². The summed E-state index contributed by atoms with van der Waals surface area (Å²) in [6, 6.07) is 12.0. The molecular formula is C16H12BrFN2O. The van der Waals surface area contributed by atoms with E-state index in [0.717, 1.165) is 15.6 Å². The van der Waals surface area contributed by atoms with Crippen molar-refractivity contribution in [3.8, 4) is 22.5 Å². The van der Waals surface area contributed by atoms with Crippen molar-refractivity contribution in [3.63, 3.8) is 0 Å². The molecule has 2 N–H and O–H groups in total. The molecule has 3 nitrogen and oxygen atoms in total. The molecule has 106 valence electrons. The number of halogens is 2. The van der Waals surface area contributed by atoms with E-state index >= 15 is 0 Å². The number of anilines is 1. The molecule has 21 heavy (non-hydrogen) atoms. The van der Waals surface area contributed by atoms with Gasteiger partial charge in [0, 0.05) is 10.0 Å². The van der Waals surface area contributed by atoms with Crippen LogP contribution in [0, 0.1) is 12.7 Å². The molecule has 0 saturated heterocycles. The Morgan fingerprint density at radius 3 is 2.67 bits per heavy atom. The summed E-state index contributed by atoms with van der Waals surface area (Å²) in [5.41, 5.74) is 9.05. The molecule has 0 spiro atoms. The average Bonchev–Trinajstić information content (AvgIpc) is 2.84. The monoisotopic (exact) mass is 346 g/mol. The lowest BCUT2D eigenvalue weighted by molar-refractivity contribution is 0.436. The van der Waals surface area contributed by atoms with Gasteiger partial charge in [-0.3, -0.25) is 0 Å². The first-order valence-electron chi connectivity index (χ1n) is 6.34. The second-order valence-electron chi connectivity index (χ2n) is 4.75. The Labute approximate surface area is 129 Å². The summed E-state index contributed by atoms with van der Waals surface area (Å²) >= 11 is 3.46. The van der Waals surface area contributed by atoms with Gasteiger partial charge in [0.1, 0.15) is 5.82 Å². The van der Waals surface area contributed by atoms with Gasteiger partial charge in [-0.05, 0) is 48.4 Å². The van der Waals surface area contributed by atoms with Gasteiger partial charge in [-0.25, -0.2) is 4.39 Å². The number of hydrogen-bond donors (Lipinski definition) is 1. The molecule has 0 aliphatic carbocycles. The maximum atomic E-state index is 13.4. The maximum Gasteiger partial charge on any atom is 0.176 e. The zero-order chi connectivity index (χ0) is 15.0. The van der Waals surface area contributed by atoms with Crippen LogP contribution in [0.4, 0.5) is 10.2 Å². The van der Waals surface area contributed by atoms with Gasteiger partial charge in [0.25, 0.3) is 0 Å². The summed E-state index contributed by atoms with van der Waals surface area (Å²) in [4.78, 5) is 0.